The van der Waals surface area contributed by atoms with Gasteiger partial charge in [0.2, 0.25) is 5.95 Å². The number of hydrazine groups is 1. The maximum absolute atomic E-state index is 5.28. The fourth-order valence-corrected chi connectivity index (χ4v) is 2.06. The molecule has 0 bridgehead atoms. The standard InChI is InChI=1S/C11H13N5OS/c1-17-10-13-9(16-12)14-11(15-10)18-7-8-5-3-2-4-6-8/h2-6H,7,12H2,1H3,(H,13,14,15,16). The molecule has 3 N–H and O–H groups in total. The zero-order valence-electron chi connectivity index (χ0n) is 9.83. The van der Waals surface area contributed by atoms with E-state index in [-0.39, 0.29) is 12.0 Å². The Hall–Kier alpha value is -1.86. The van der Waals surface area contributed by atoms with Crippen LogP contribution in [0.25, 0.3) is 0 Å². The minimum atomic E-state index is 0.244. The van der Waals surface area contributed by atoms with Gasteiger partial charge in [-0.15, -0.1) is 0 Å². The van der Waals surface area contributed by atoms with Gasteiger partial charge in [-0.25, -0.2) is 5.84 Å². The molecule has 18 heavy (non-hydrogen) atoms. The van der Waals surface area contributed by atoms with Gasteiger partial charge in [0.05, 0.1) is 7.11 Å². The van der Waals surface area contributed by atoms with E-state index in [1.165, 1.54) is 24.4 Å². The molecule has 0 atom stereocenters. The van der Waals surface area contributed by atoms with Gasteiger partial charge in [-0.05, 0) is 5.56 Å². The van der Waals surface area contributed by atoms with Crippen molar-refractivity contribution in [3.63, 3.8) is 0 Å². The highest BCUT2D eigenvalue weighted by Crippen LogP contribution is 2.21. The van der Waals surface area contributed by atoms with Gasteiger partial charge in [0.25, 0.3) is 0 Å². The predicted molar refractivity (Wildman–Crippen MR) is 70.2 cm³/mol. The monoisotopic (exact) mass is 263 g/mol. The molecule has 0 saturated carbocycles. The third kappa shape index (κ3) is 3.31. The Morgan fingerprint density at radius 2 is 2.00 bits per heavy atom. The van der Waals surface area contributed by atoms with Crippen LogP contribution in [0.3, 0.4) is 0 Å². The third-order valence-electron chi connectivity index (χ3n) is 2.12. The van der Waals surface area contributed by atoms with Crippen molar-refractivity contribution in [2.75, 3.05) is 12.5 Å². The molecule has 94 valence electrons. The fourth-order valence-electron chi connectivity index (χ4n) is 1.28. The quantitative estimate of drug-likeness (QED) is 0.479. The largest absolute Gasteiger partial charge is 0.467 e. The number of nitrogens with one attached hydrogen (secondary N) is 1. The van der Waals surface area contributed by atoms with Crippen molar-refractivity contribution in [3.05, 3.63) is 35.9 Å². The van der Waals surface area contributed by atoms with Gasteiger partial charge < -0.3 is 4.74 Å². The molecule has 0 aliphatic carbocycles. The molecule has 2 rings (SSSR count). The second-order valence-corrected chi connectivity index (χ2v) is 4.29. The number of nitrogen functional groups attached to an aromatic ring is 1. The first-order valence-corrected chi connectivity index (χ1v) is 6.24. The van der Waals surface area contributed by atoms with Gasteiger partial charge in [-0.2, -0.15) is 15.0 Å². The molecule has 0 saturated heterocycles. The molecule has 6 nitrogen and oxygen atoms in total. The number of aromatic nitrogens is 3. The number of benzene rings is 1. The van der Waals surface area contributed by atoms with Crippen molar-refractivity contribution in [2.24, 2.45) is 5.84 Å². The van der Waals surface area contributed by atoms with Gasteiger partial charge in [-0.1, -0.05) is 42.1 Å². The average molecular weight is 263 g/mol. The van der Waals surface area contributed by atoms with Crippen LogP contribution in [0.4, 0.5) is 5.95 Å². The first-order valence-electron chi connectivity index (χ1n) is 5.25. The molecule has 1 heterocycles. The van der Waals surface area contributed by atoms with Gasteiger partial charge in [0, 0.05) is 5.75 Å². The van der Waals surface area contributed by atoms with E-state index in [4.69, 9.17) is 10.6 Å². The van der Waals surface area contributed by atoms with E-state index in [2.05, 4.69) is 20.4 Å². The minimum absolute atomic E-state index is 0.244. The molecule has 1 aromatic heterocycles. The number of hydrogen-bond donors (Lipinski definition) is 2. The summed E-state index contributed by atoms with van der Waals surface area (Å²) >= 11 is 1.49. The van der Waals surface area contributed by atoms with E-state index < -0.39 is 0 Å². The Labute approximate surface area is 109 Å². The second-order valence-electron chi connectivity index (χ2n) is 3.35. The van der Waals surface area contributed by atoms with E-state index >= 15 is 0 Å². The number of nitrogens with zero attached hydrogens (tertiary/aromatic N) is 3. The summed E-state index contributed by atoms with van der Waals surface area (Å²) in [6.07, 6.45) is 0. The number of anilines is 1. The van der Waals surface area contributed by atoms with Crippen molar-refractivity contribution >= 4 is 17.7 Å². The van der Waals surface area contributed by atoms with Gasteiger partial charge in [-0.3, -0.25) is 5.43 Å². The Kier molecular flexibility index (Phi) is 4.32. The molecule has 0 unspecified atom stereocenters. The molecule has 2 aromatic rings. The Morgan fingerprint density at radius 3 is 2.67 bits per heavy atom. The van der Waals surface area contributed by atoms with Crippen molar-refractivity contribution < 1.29 is 4.74 Å². The van der Waals surface area contributed by atoms with Crippen molar-refractivity contribution in [1.82, 2.24) is 15.0 Å². The number of thioether (sulfide) groups is 1. The summed E-state index contributed by atoms with van der Waals surface area (Å²) in [5, 5.41) is 0.568. The highest BCUT2D eigenvalue weighted by molar-refractivity contribution is 7.98. The van der Waals surface area contributed by atoms with Crippen LogP contribution in [0.2, 0.25) is 0 Å². The highest BCUT2D eigenvalue weighted by Gasteiger charge is 2.06. The molecular weight excluding hydrogens is 250 g/mol. The fraction of sp³-hybridized carbons (Fsp3) is 0.182. The smallest absolute Gasteiger partial charge is 0.321 e. The molecule has 0 radical (unpaired) electrons. The third-order valence-corrected chi connectivity index (χ3v) is 3.04. The van der Waals surface area contributed by atoms with Gasteiger partial charge in [0.15, 0.2) is 5.16 Å². The number of rotatable bonds is 5. The van der Waals surface area contributed by atoms with E-state index in [1.54, 1.807) is 0 Å². The Bertz CT molecular complexity index is 486. The molecular formula is C11H13N5OS. The van der Waals surface area contributed by atoms with Crippen LogP contribution in [-0.4, -0.2) is 22.1 Å². The van der Waals surface area contributed by atoms with E-state index in [0.29, 0.717) is 5.16 Å². The van der Waals surface area contributed by atoms with E-state index in [9.17, 15) is 0 Å². The first kappa shape index (κ1) is 12.6. The van der Waals surface area contributed by atoms with Crippen LogP contribution in [-0.2, 0) is 5.75 Å². The Morgan fingerprint density at radius 1 is 1.22 bits per heavy atom. The van der Waals surface area contributed by atoms with Crippen LogP contribution in [0, 0.1) is 0 Å². The van der Waals surface area contributed by atoms with Crippen molar-refractivity contribution in [2.45, 2.75) is 10.9 Å². The van der Waals surface area contributed by atoms with Crippen LogP contribution in [0.5, 0.6) is 6.01 Å². The lowest BCUT2D eigenvalue weighted by atomic mass is 10.2. The molecule has 0 aliphatic heterocycles. The molecule has 0 aliphatic rings. The summed E-state index contributed by atoms with van der Waals surface area (Å²) in [5.41, 5.74) is 3.58. The maximum Gasteiger partial charge on any atom is 0.321 e. The second kappa shape index (κ2) is 6.18. The summed E-state index contributed by atoms with van der Waals surface area (Å²) in [6, 6.07) is 10.3. The summed E-state index contributed by atoms with van der Waals surface area (Å²) < 4.78 is 4.98. The van der Waals surface area contributed by atoms with Gasteiger partial charge in [0.1, 0.15) is 0 Å². The topological polar surface area (TPSA) is 86.0 Å². The van der Waals surface area contributed by atoms with E-state index in [0.717, 1.165) is 5.75 Å². The van der Waals surface area contributed by atoms with Crippen LogP contribution in [0.1, 0.15) is 5.56 Å². The normalized spacial score (nSPS) is 10.1. The van der Waals surface area contributed by atoms with Crippen molar-refractivity contribution in [3.8, 4) is 6.01 Å². The SMILES string of the molecule is COc1nc(NN)nc(SCc2ccccc2)n1. The first-order chi connectivity index (χ1) is 8.81. The summed E-state index contributed by atoms with van der Waals surface area (Å²) in [5.74, 6) is 6.35. The predicted octanol–water partition coefficient (Wildman–Crippen LogP) is 1.46. The molecule has 0 fully saturated rings. The average Bonchev–Trinajstić information content (AvgIpc) is 2.45. The van der Waals surface area contributed by atoms with Crippen LogP contribution in [0.15, 0.2) is 35.5 Å². The zero-order valence-corrected chi connectivity index (χ0v) is 10.6. The van der Waals surface area contributed by atoms with E-state index in [1.807, 2.05) is 30.3 Å². The number of methoxy groups -OCH3 is 1. The molecule has 0 amide bonds. The highest BCUT2D eigenvalue weighted by atomic mass is 32.2. The lowest BCUT2D eigenvalue weighted by Gasteiger charge is -2.05. The lowest BCUT2D eigenvalue weighted by Crippen LogP contribution is -2.12. The maximum atomic E-state index is 5.28. The summed E-state index contributed by atoms with van der Waals surface area (Å²) in [7, 11) is 1.50. The summed E-state index contributed by atoms with van der Waals surface area (Å²) in [6.45, 7) is 0. The molecule has 7 heteroatoms. The van der Waals surface area contributed by atoms with Crippen LogP contribution < -0.4 is 16.0 Å². The van der Waals surface area contributed by atoms with Crippen LogP contribution >= 0.6 is 11.8 Å². The summed E-state index contributed by atoms with van der Waals surface area (Å²) in [4.78, 5) is 12.2. The zero-order chi connectivity index (χ0) is 12.8. The van der Waals surface area contributed by atoms with Crippen molar-refractivity contribution in [1.29, 1.82) is 0 Å². The number of nitrogens with two attached hydrogens (primary N) is 1. The lowest BCUT2D eigenvalue weighted by molar-refractivity contribution is 0.373. The number of ether oxygens (including phenoxy) is 1. The Balaban J connectivity index is 2.09. The van der Waals surface area contributed by atoms with Gasteiger partial charge >= 0.3 is 6.01 Å². The number of hydrogen-bond acceptors (Lipinski definition) is 7. The minimum Gasteiger partial charge on any atom is -0.467 e. The molecule has 0 spiro atoms. The molecule has 1 aromatic carbocycles.